The Morgan fingerprint density at radius 1 is 1.32 bits per heavy atom. The normalized spacial score (nSPS) is 25.1. The van der Waals surface area contributed by atoms with Crippen molar-refractivity contribution in [3.63, 3.8) is 0 Å². The SMILES string of the molecule is CC(NCC1(O)CCCCC1)C(=O)N1CCOCC1. The van der Waals surface area contributed by atoms with E-state index in [0.29, 0.717) is 32.8 Å². The quantitative estimate of drug-likeness (QED) is 0.782. The summed E-state index contributed by atoms with van der Waals surface area (Å²) in [6, 6.07) is -0.232. The standard InChI is InChI=1S/C14H26N2O3/c1-12(13(17)16-7-9-19-10-8-16)15-11-14(18)5-3-2-4-6-14/h12,15,18H,2-11H2,1H3. The van der Waals surface area contributed by atoms with Crippen molar-refractivity contribution in [1.82, 2.24) is 10.2 Å². The molecule has 110 valence electrons. The molecule has 1 aliphatic heterocycles. The monoisotopic (exact) mass is 270 g/mol. The highest BCUT2D eigenvalue weighted by Crippen LogP contribution is 2.27. The van der Waals surface area contributed by atoms with E-state index in [1.54, 1.807) is 0 Å². The van der Waals surface area contributed by atoms with Gasteiger partial charge in [-0.25, -0.2) is 0 Å². The van der Waals surface area contributed by atoms with E-state index in [4.69, 9.17) is 4.74 Å². The van der Waals surface area contributed by atoms with E-state index in [9.17, 15) is 9.90 Å². The molecular weight excluding hydrogens is 244 g/mol. The van der Waals surface area contributed by atoms with Crippen LogP contribution in [0.3, 0.4) is 0 Å². The molecule has 5 nitrogen and oxygen atoms in total. The topological polar surface area (TPSA) is 61.8 Å². The van der Waals surface area contributed by atoms with Gasteiger partial charge in [0.05, 0.1) is 24.9 Å². The van der Waals surface area contributed by atoms with Crippen LogP contribution in [0.25, 0.3) is 0 Å². The molecule has 0 aromatic carbocycles. The molecule has 0 spiro atoms. The number of rotatable bonds is 4. The lowest BCUT2D eigenvalue weighted by Crippen LogP contribution is -2.52. The molecule has 1 unspecified atom stereocenters. The average molecular weight is 270 g/mol. The molecule has 1 saturated carbocycles. The van der Waals surface area contributed by atoms with E-state index in [1.807, 2.05) is 11.8 Å². The van der Waals surface area contributed by atoms with Crippen molar-refractivity contribution in [3.8, 4) is 0 Å². The first kappa shape index (κ1) is 14.8. The molecule has 0 radical (unpaired) electrons. The number of morpholine rings is 1. The van der Waals surface area contributed by atoms with Gasteiger partial charge in [0.2, 0.25) is 5.91 Å². The minimum absolute atomic E-state index is 0.114. The van der Waals surface area contributed by atoms with Crippen molar-refractivity contribution in [1.29, 1.82) is 0 Å². The summed E-state index contributed by atoms with van der Waals surface area (Å²) < 4.78 is 5.25. The van der Waals surface area contributed by atoms with E-state index in [-0.39, 0.29) is 11.9 Å². The van der Waals surface area contributed by atoms with Gasteiger partial charge in [-0.1, -0.05) is 19.3 Å². The van der Waals surface area contributed by atoms with Gasteiger partial charge in [0.25, 0.3) is 0 Å². The maximum atomic E-state index is 12.2. The number of hydrogen-bond donors (Lipinski definition) is 2. The van der Waals surface area contributed by atoms with Gasteiger partial charge >= 0.3 is 0 Å². The van der Waals surface area contributed by atoms with Crippen LogP contribution in [0.15, 0.2) is 0 Å². The Bertz CT molecular complexity index is 297. The highest BCUT2D eigenvalue weighted by Gasteiger charge is 2.30. The molecule has 2 rings (SSSR count). The molecule has 1 amide bonds. The van der Waals surface area contributed by atoms with Crippen LogP contribution in [-0.4, -0.2) is 60.4 Å². The fraction of sp³-hybridized carbons (Fsp3) is 0.929. The fourth-order valence-electron chi connectivity index (χ4n) is 2.87. The zero-order valence-corrected chi connectivity index (χ0v) is 11.9. The Labute approximate surface area is 115 Å². The fourth-order valence-corrected chi connectivity index (χ4v) is 2.87. The van der Waals surface area contributed by atoms with Gasteiger partial charge in [0.1, 0.15) is 0 Å². The first-order chi connectivity index (χ1) is 9.11. The molecule has 0 bridgehead atoms. The third kappa shape index (κ3) is 4.16. The molecule has 1 atom stereocenters. The Morgan fingerprint density at radius 2 is 1.95 bits per heavy atom. The first-order valence-corrected chi connectivity index (χ1v) is 7.43. The molecule has 1 aliphatic carbocycles. The van der Waals surface area contributed by atoms with Crippen LogP contribution in [0, 0.1) is 0 Å². The van der Waals surface area contributed by atoms with Gasteiger partial charge in [-0.2, -0.15) is 0 Å². The second-order valence-electron chi connectivity index (χ2n) is 5.83. The summed E-state index contributed by atoms with van der Waals surface area (Å²) in [6.45, 7) is 5.00. The number of hydrogen-bond acceptors (Lipinski definition) is 4. The Kier molecular flexibility index (Phi) is 5.19. The lowest BCUT2D eigenvalue weighted by atomic mass is 9.85. The molecule has 0 aromatic rings. The molecule has 1 saturated heterocycles. The van der Waals surface area contributed by atoms with Crippen LogP contribution in [0.1, 0.15) is 39.0 Å². The highest BCUT2D eigenvalue weighted by atomic mass is 16.5. The number of carbonyl (C=O) groups is 1. The number of ether oxygens (including phenoxy) is 1. The van der Waals surface area contributed by atoms with E-state index < -0.39 is 5.60 Å². The first-order valence-electron chi connectivity index (χ1n) is 7.43. The minimum Gasteiger partial charge on any atom is -0.389 e. The minimum atomic E-state index is -0.613. The van der Waals surface area contributed by atoms with Crippen molar-refractivity contribution in [2.45, 2.75) is 50.7 Å². The van der Waals surface area contributed by atoms with E-state index in [1.165, 1.54) is 6.42 Å². The van der Waals surface area contributed by atoms with Gasteiger partial charge in [-0.05, 0) is 19.8 Å². The lowest BCUT2D eigenvalue weighted by molar-refractivity contribution is -0.137. The molecule has 5 heteroatoms. The van der Waals surface area contributed by atoms with E-state index in [0.717, 1.165) is 25.7 Å². The largest absolute Gasteiger partial charge is 0.389 e. The van der Waals surface area contributed by atoms with Crippen LogP contribution in [-0.2, 0) is 9.53 Å². The molecule has 0 aromatic heterocycles. The molecule has 1 heterocycles. The van der Waals surface area contributed by atoms with Crippen LogP contribution in [0.4, 0.5) is 0 Å². The van der Waals surface area contributed by atoms with Gasteiger partial charge in [0, 0.05) is 19.6 Å². The summed E-state index contributed by atoms with van der Waals surface area (Å²) >= 11 is 0. The van der Waals surface area contributed by atoms with Gasteiger partial charge in [0.15, 0.2) is 0 Å². The maximum Gasteiger partial charge on any atom is 0.239 e. The highest BCUT2D eigenvalue weighted by molar-refractivity contribution is 5.81. The van der Waals surface area contributed by atoms with Crippen LogP contribution in [0.5, 0.6) is 0 Å². The lowest BCUT2D eigenvalue weighted by Gasteiger charge is -2.34. The predicted molar refractivity (Wildman–Crippen MR) is 72.9 cm³/mol. The molecular formula is C14H26N2O3. The third-order valence-electron chi connectivity index (χ3n) is 4.21. The van der Waals surface area contributed by atoms with Crippen molar-refractivity contribution in [2.75, 3.05) is 32.8 Å². The Morgan fingerprint density at radius 3 is 2.58 bits per heavy atom. The van der Waals surface area contributed by atoms with Crippen molar-refractivity contribution in [2.24, 2.45) is 0 Å². The summed E-state index contributed by atoms with van der Waals surface area (Å²) in [7, 11) is 0. The zero-order chi connectivity index (χ0) is 13.7. The Balaban J connectivity index is 1.76. The van der Waals surface area contributed by atoms with Gasteiger partial charge in [-0.15, -0.1) is 0 Å². The average Bonchev–Trinajstić information content (AvgIpc) is 2.46. The number of carbonyl (C=O) groups excluding carboxylic acids is 1. The molecule has 2 aliphatic rings. The maximum absolute atomic E-state index is 12.2. The summed E-state index contributed by atoms with van der Waals surface area (Å²) in [5.74, 6) is 0.114. The second-order valence-corrected chi connectivity index (χ2v) is 5.83. The van der Waals surface area contributed by atoms with Gasteiger partial charge < -0.3 is 20.1 Å². The molecule has 2 N–H and O–H groups in total. The summed E-state index contributed by atoms with van der Waals surface area (Å²) in [4.78, 5) is 14.0. The predicted octanol–water partition coefficient (Wildman–Crippen LogP) is 0.518. The summed E-state index contributed by atoms with van der Waals surface area (Å²) in [5.41, 5.74) is -0.613. The number of amides is 1. The second kappa shape index (κ2) is 6.68. The number of nitrogens with zero attached hydrogens (tertiary/aromatic N) is 1. The van der Waals surface area contributed by atoms with Crippen LogP contribution < -0.4 is 5.32 Å². The Hall–Kier alpha value is -0.650. The summed E-state index contributed by atoms with van der Waals surface area (Å²) in [6.07, 6.45) is 5.08. The van der Waals surface area contributed by atoms with E-state index >= 15 is 0 Å². The third-order valence-corrected chi connectivity index (χ3v) is 4.21. The number of nitrogens with one attached hydrogen (secondary N) is 1. The number of aliphatic hydroxyl groups is 1. The summed E-state index contributed by atoms with van der Waals surface area (Å²) in [5, 5.41) is 13.6. The molecule has 19 heavy (non-hydrogen) atoms. The van der Waals surface area contributed by atoms with E-state index in [2.05, 4.69) is 5.32 Å². The zero-order valence-electron chi connectivity index (χ0n) is 11.9. The van der Waals surface area contributed by atoms with Crippen molar-refractivity contribution >= 4 is 5.91 Å². The van der Waals surface area contributed by atoms with Crippen LogP contribution >= 0.6 is 0 Å². The molecule has 2 fully saturated rings. The smallest absolute Gasteiger partial charge is 0.239 e. The van der Waals surface area contributed by atoms with Crippen molar-refractivity contribution < 1.29 is 14.6 Å². The van der Waals surface area contributed by atoms with Crippen molar-refractivity contribution in [3.05, 3.63) is 0 Å². The van der Waals surface area contributed by atoms with Crippen LogP contribution in [0.2, 0.25) is 0 Å². The van der Waals surface area contributed by atoms with Gasteiger partial charge in [-0.3, -0.25) is 4.79 Å².